The lowest BCUT2D eigenvalue weighted by Crippen LogP contribution is -2.59. The maximum atomic E-state index is 15.3. The normalized spacial score (nSPS) is 26.5. The van der Waals surface area contributed by atoms with Crippen LogP contribution >= 0.6 is 0 Å². The number of aromatic carboxylic acids is 1. The van der Waals surface area contributed by atoms with Gasteiger partial charge in [-0.1, -0.05) is 30.3 Å². The van der Waals surface area contributed by atoms with Crippen LogP contribution < -0.4 is 15.6 Å². The van der Waals surface area contributed by atoms with E-state index in [1.54, 1.807) is 0 Å². The van der Waals surface area contributed by atoms with Crippen LogP contribution in [-0.2, 0) is 5.54 Å². The molecule has 4 aliphatic rings. The van der Waals surface area contributed by atoms with E-state index < -0.39 is 17.2 Å². The van der Waals surface area contributed by atoms with Crippen molar-refractivity contribution < 1.29 is 14.3 Å². The van der Waals surface area contributed by atoms with Crippen molar-refractivity contribution >= 4 is 22.8 Å². The number of nitrogens with zero attached hydrogens (tertiary/aromatic N) is 3. The zero-order valence-corrected chi connectivity index (χ0v) is 17.4. The molecule has 164 valence electrons. The van der Waals surface area contributed by atoms with Crippen molar-refractivity contribution in [2.75, 3.05) is 24.5 Å². The summed E-state index contributed by atoms with van der Waals surface area (Å²) >= 11 is 0. The summed E-state index contributed by atoms with van der Waals surface area (Å²) in [5.41, 5.74) is 0.289. The van der Waals surface area contributed by atoms with Crippen molar-refractivity contribution in [3.05, 3.63) is 69.8 Å². The van der Waals surface area contributed by atoms with Gasteiger partial charge in [0.1, 0.15) is 11.2 Å². The molecule has 3 aromatic rings. The van der Waals surface area contributed by atoms with Crippen LogP contribution in [0.2, 0.25) is 0 Å². The molecule has 1 aliphatic heterocycles. The van der Waals surface area contributed by atoms with E-state index in [9.17, 15) is 14.7 Å². The molecule has 0 spiro atoms. The largest absolute Gasteiger partial charge is 0.477 e. The standard InChI is InChI=1S/C24H23FN4O3/c25-18-8-16-20(30)17(23(31)32)12-29(24-9-14(10-24)11-24)21(16)27-22(18)28-7-6-26-19(13-28)15-4-2-1-3-5-15/h1-5,8,12,14,19,26H,6-7,9-11,13H2,(H,31,32). The lowest BCUT2D eigenvalue weighted by molar-refractivity contribution is -0.0864. The van der Waals surface area contributed by atoms with Crippen LogP contribution in [0.25, 0.3) is 11.0 Å². The second-order valence-corrected chi connectivity index (χ2v) is 9.28. The molecule has 4 fully saturated rings. The Morgan fingerprint density at radius 2 is 1.97 bits per heavy atom. The van der Waals surface area contributed by atoms with Crippen LogP contribution in [0.5, 0.6) is 0 Å². The van der Waals surface area contributed by atoms with E-state index in [0.717, 1.165) is 24.8 Å². The van der Waals surface area contributed by atoms with Crippen LogP contribution in [0.15, 0.2) is 47.4 Å². The number of halogens is 1. The maximum Gasteiger partial charge on any atom is 0.341 e. The summed E-state index contributed by atoms with van der Waals surface area (Å²) in [5, 5.41) is 13.0. The van der Waals surface area contributed by atoms with Gasteiger partial charge in [-0.15, -0.1) is 0 Å². The van der Waals surface area contributed by atoms with Gasteiger partial charge in [-0.05, 0) is 36.8 Å². The predicted molar refractivity (Wildman–Crippen MR) is 118 cm³/mol. The van der Waals surface area contributed by atoms with E-state index in [1.165, 1.54) is 12.3 Å². The van der Waals surface area contributed by atoms with Gasteiger partial charge in [0.15, 0.2) is 11.6 Å². The first kappa shape index (κ1) is 19.4. The summed E-state index contributed by atoms with van der Waals surface area (Å²) in [4.78, 5) is 31.1. The summed E-state index contributed by atoms with van der Waals surface area (Å²) < 4.78 is 17.1. The van der Waals surface area contributed by atoms with Gasteiger partial charge in [-0.3, -0.25) is 4.79 Å². The molecular weight excluding hydrogens is 411 g/mol. The van der Waals surface area contributed by atoms with Gasteiger partial charge in [0.05, 0.1) is 5.39 Å². The molecule has 2 bridgehead atoms. The number of anilines is 1. The number of aromatic nitrogens is 2. The lowest BCUT2D eigenvalue weighted by atomic mass is 9.49. The number of benzene rings is 1. The number of fused-ring (bicyclic) bond motifs is 1. The van der Waals surface area contributed by atoms with Crippen LogP contribution in [0.4, 0.5) is 10.2 Å². The van der Waals surface area contributed by atoms with Gasteiger partial charge in [0.2, 0.25) is 5.43 Å². The molecule has 32 heavy (non-hydrogen) atoms. The van der Waals surface area contributed by atoms with Crippen LogP contribution in [-0.4, -0.2) is 40.3 Å². The number of pyridine rings is 2. The Balaban J connectivity index is 1.46. The fraction of sp³-hybridized carbons (Fsp3) is 0.375. The Hall–Kier alpha value is -3.26. The molecule has 1 atom stereocenters. The average Bonchev–Trinajstić information content (AvgIpc) is 2.74. The van der Waals surface area contributed by atoms with Crippen molar-refractivity contribution in [2.45, 2.75) is 30.8 Å². The molecule has 1 saturated heterocycles. The van der Waals surface area contributed by atoms with Crippen molar-refractivity contribution in [1.82, 2.24) is 14.9 Å². The average molecular weight is 434 g/mol. The Morgan fingerprint density at radius 1 is 1.22 bits per heavy atom. The van der Waals surface area contributed by atoms with Gasteiger partial charge < -0.3 is 19.9 Å². The Bertz CT molecular complexity index is 1290. The Morgan fingerprint density at radius 3 is 2.62 bits per heavy atom. The van der Waals surface area contributed by atoms with Crippen molar-refractivity contribution in [2.24, 2.45) is 5.92 Å². The zero-order chi connectivity index (χ0) is 22.0. The van der Waals surface area contributed by atoms with Gasteiger partial charge >= 0.3 is 5.97 Å². The van der Waals surface area contributed by atoms with E-state index >= 15 is 4.39 Å². The van der Waals surface area contributed by atoms with Crippen molar-refractivity contribution in [3.63, 3.8) is 0 Å². The van der Waals surface area contributed by atoms with E-state index in [-0.39, 0.29) is 28.3 Å². The molecular formula is C24H23FN4O3. The molecule has 2 N–H and O–H groups in total. The second kappa shape index (κ2) is 6.87. The zero-order valence-electron chi connectivity index (χ0n) is 17.4. The molecule has 3 aliphatic carbocycles. The molecule has 7 rings (SSSR count). The number of piperazine rings is 1. The number of rotatable bonds is 4. The molecule has 1 unspecified atom stereocenters. The summed E-state index contributed by atoms with van der Waals surface area (Å²) in [6.07, 6.45) is 4.26. The fourth-order valence-electron chi connectivity index (χ4n) is 5.53. The monoisotopic (exact) mass is 434 g/mol. The minimum Gasteiger partial charge on any atom is -0.477 e. The first-order valence-corrected chi connectivity index (χ1v) is 11.0. The fourth-order valence-corrected chi connectivity index (χ4v) is 5.53. The third-order valence-electron chi connectivity index (χ3n) is 7.34. The summed E-state index contributed by atoms with van der Waals surface area (Å²) in [5.74, 6) is -1.04. The summed E-state index contributed by atoms with van der Waals surface area (Å²) in [6, 6.07) is 11.2. The number of carbonyl (C=O) groups is 1. The molecule has 0 amide bonds. The van der Waals surface area contributed by atoms with Gasteiger partial charge in [0.25, 0.3) is 0 Å². The smallest absolute Gasteiger partial charge is 0.341 e. The van der Waals surface area contributed by atoms with Crippen LogP contribution in [0, 0.1) is 11.7 Å². The molecule has 3 heterocycles. The molecule has 8 heteroatoms. The Kier molecular flexibility index (Phi) is 4.17. The van der Waals surface area contributed by atoms with Gasteiger partial charge in [-0.25, -0.2) is 14.2 Å². The first-order chi connectivity index (χ1) is 15.4. The molecule has 7 nitrogen and oxygen atoms in total. The number of hydrogen-bond donors (Lipinski definition) is 2. The Labute approximate surface area is 183 Å². The summed E-state index contributed by atoms with van der Waals surface area (Å²) in [7, 11) is 0. The highest BCUT2D eigenvalue weighted by Gasteiger charge is 2.58. The van der Waals surface area contributed by atoms with Crippen molar-refractivity contribution in [3.8, 4) is 0 Å². The third kappa shape index (κ3) is 2.79. The highest BCUT2D eigenvalue weighted by atomic mass is 19.1. The highest BCUT2D eigenvalue weighted by Crippen LogP contribution is 2.62. The molecule has 1 aromatic carbocycles. The molecule has 0 radical (unpaired) electrons. The van der Waals surface area contributed by atoms with Crippen LogP contribution in [0.3, 0.4) is 0 Å². The number of carboxylic acids is 1. The van der Waals surface area contributed by atoms with E-state index in [0.29, 0.717) is 31.2 Å². The predicted octanol–water partition coefficient (Wildman–Crippen LogP) is 2.89. The number of hydrogen-bond acceptors (Lipinski definition) is 5. The quantitative estimate of drug-likeness (QED) is 0.657. The first-order valence-electron chi connectivity index (χ1n) is 11.0. The topological polar surface area (TPSA) is 87.5 Å². The minimum atomic E-state index is -1.30. The summed E-state index contributed by atoms with van der Waals surface area (Å²) in [6.45, 7) is 1.81. The highest BCUT2D eigenvalue weighted by molar-refractivity contribution is 5.92. The van der Waals surface area contributed by atoms with Gasteiger partial charge in [-0.2, -0.15) is 0 Å². The van der Waals surface area contributed by atoms with Crippen molar-refractivity contribution in [1.29, 1.82) is 0 Å². The SMILES string of the molecule is O=C(O)c1cn(C23CC(C2)C3)c2nc(N3CCNC(c4ccccc4)C3)c(F)cc2c1=O. The minimum absolute atomic E-state index is 0.0330. The third-order valence-corrected chi connectivity index (χ3v) is 7.34. The van der Waals surface area contributed by atoms with E-state index in [4.69, 9.17) is 0 Å². The van der Waals surface area contributed by atoms with E-state index in [2.05, 4.69) is 10.3 Å². The van der Waals surface area contributed by atoms with Gasteiger partial charge in [0, 0.05) is 37.4 Å². The maximum absolute atomic E-state index is 15.3. The van der Waals surface area contributed by atoms with Crippen LogP contribution in [0.1, 0.15) is 41.2 Å². The second-order valence-electron chi connectivity index (χ2n) is 9.28. The number of nitrogens with one attached hydrogen (secondary N) is 1. The van der Waals surface area contributed by atoms with E-state index in [1.807, 2.05) is 39.8 Å². The lowest BCUT2D eigenvalue weighted by Gasteiger charge is -2.62. The number of carboxylic acid groups (broad SMARTS) is 1. The molecule has 3 saturated carbocycles. The molecule has 2 aromatic heterocycles.